The van der Waals surface area contributed by atoms with E-state index in [-0.39, 0.29) is 23.8 Å². The summed E-state index contributed by atoms with van der Waals surface area (Å²) < 4.78 is 30.2. The Kier molecular flexibility index (Phi) is 6.01. The van der Waals surface area contributed by atoms with Crippen molar-refractivity contribution in [2.75, 3.05) is 13.2 Å². The van der Waals surface area contributed by atoms with Gasteiger partial charge in [-0.3, -0.25) is 0 Å². The average Bonchev–Trinajstić information content (AvgIpc) is 3.06. The third kappa shape index (κ3) is 4.35. The van der Waals surface area contributed by atoms with E-state index in [1.807, 2.05) is 0 Å². The smallest absolute Gasteiger partial charge is 0.363 e. The van der Waals surface area contributed by atoms with Crippen LogP contribution in [0.1, 0.15) is 11.1 Å². The summed E-state index contributed by atoms with van der Waals surface area (Å²) in [6, 6.07) is 11.1. The zero-order chi connectivity index (χ0) is 19.9. The van der Waals surface area contributed by atoms with Gasteiger partial charge >= 0.3 is 5.97 Å². The van der Waals surface area contributed by atoms with Crippen LogP contribution in [-0.2, 0) is 9.53 Å². The first-order valence-corrected chi connectivity index (χ1v) is 8.51. The summed E-state index contributed by atoms with van der Waals surface area (Å²) in [6.07, 6.45) is 4.76. The van der Waals surface area contributed by atoms with Crippen molar-refractivity contribution in [2.24, 2.45) is 4.99 Å². The number of nitrogens with zero attached hydrogens (tertiary/aromatic N) is 1. The van der Waals surface area contributed by atoms with Gasteiger partial charge in [0, 0.05) is 11.6 Å². The zero-order valence-electron chi connectivity index (χ0n) is 15.1. The molecule has 1 heterocycles. The van der Waals surface area contributed by atoms with E-state index in [0.29, 0.717) is 23.7 Å². The van der Waals surface area contributed by atoms with Crippen molar-refractivity contribution in [1.82, 2.24) is 0 Å². The number of carbonyl (C=O) groups excluding carboxylic acids is 1. The number of benzene rings is 2. The molecule has 0 saturated carbocycles. The van der Waals surface area contributed by atoms with E-state index in [9.17, 15) is 9.18 Å². The van der Waals surface area contributed by atoms with E-state index < -0.39 is 11.8 Å². The van der Waals surface area contributed by atoms with Crippen molar-refractivity contribution in [1.29, 1.82) is 0 Å². The van der Waals surface area contributed by atoms with Gasteiger partial charge in [0.1, 0.15) is 30.5 Å². The highest BCUT2D eigenvalue weighted by Gasteiger charge is 2.26. The maximum absolute atomic E-state index is 13.9. The standard InChI is InChI=1S/C22H18FNO4/c1-3-11-26-16-10-9-15(20(14-16)27-12-4-2)13-19-22(25)28-21(24-19)17-7-5-6-8-18(17)23/h3-10,13-14H,1-2,11-12H2/b19-13+. The lowest BCUT2D eigenvalue weighted by Crippen LogP contribution is -2.07. The lowest BCUT2D eigenvalue weighted by atomic mass is 10.1. The van der Waals surface area contributed by atoms with E-state index in [2.05, 4.69) is 18.2 Å². The molecule has 6 heteroatoms. The molecule has 0 fully saturated rings. The minimum atomic E-state index is -0.667. The molecule has 0 amide bonds. The summed E-state index contributed by atoms with van der Waals surface area (Å²) in [6.45, 7) is 7.86. The van der Waals surface area contributed by atoms with E-state index >= 15 is 0 Å². The lowest BCUT2D eigenvalue weighted by molar-refractivity contribution is -0.129. The van der Waals surface area contributed by atoms with Gasteiger partial charge in [0.05, 0.1) is 5.56 Å². The number of esters is 1. The molecule has 2 aromatic carbocycles. The molecule has 0 atom stereocenters. The Morgan fingerprint density at radius 2 is 1.82 bits per heavy atom. The van der Waals surface area contributed by atoms with Crippen molar-refractivity contribution >= 4 is 17.9 Å². The second-order valence-corrected chi connectivity index (χ2v) is 5.71. The van der Waals surface area contributed by atoms with E-state index in [1.54, 1.807) is 42.5 Å². The maximum Gasteiger partial charge on any atom is 0.363 e. The van der Waals surface area contributed by atoms with Crippen LogP contribution >= 0.6 is 0 Å². The number of aliphatic imine (C=N–C) groups is 1. The molecule has 0 radical (unpaired) electrons. The van der Waals surface area contributed by atoms with E-state index in [1.165, 1.54) is 18.2 Å². The highest BCUT2D eigenvalue weighted by Crippen LogP contribution is 2.29. The summed E-state index contributed by atoms with van der Waals surface area (Å²) in [7, 11) is 0. The van der Waals surface area contributed by atoms with Gasteiger partial charge in [-0.05, 0) is 30.3 Å². The zero-order valence-corrected chi connectivity index (χ0v) is 15.1. The van der Waals surface area contributed by atoms with Gasteiger partial charge < -0.3 is 14.2 Å². The van der Waals surface area contributed by atoms with Crippen LogP contribution in [0.5, 0.6) is 11.5 Å². The Bertz CT molecular complexity index is 978. The quantitative estimate of drug-likeness (QED) is 0.390. The second-order valence-electron chi connectivity index (χ2n) is 5.71. The highest BCUT2D eigenvalue weighted by molar-refractivity contribution is 6.13. The van der Waals surface area contributed by atoms with E-state index in [0.717, 1.165) is 0 Å². The summed E-state index contributed by atoms with van der Waals surface area (Å²) in [4.78, 5) is 16.3. The lowest BCUT2D eigenvalue weighted by Gasteiger charge is -2.10. The molecule has 1 aliphatic rings. The Hall–Kier alpha value is -3.67. The summed E-state index contributed by atoms with van der Waals surface area (Å²) in [5, 5.41) is 0. The molecule has 0 saturated heterocycles. The fraction of sp³-hybridized carbons (Fsp3) is 0.0909. The third-order valence-electron chi connectivity index (χ3n) is 3.73. The number of halogens is 1. The van der Waals surface area contributed by atoms with E-state index in [4.69, 9.17) is 14.2 Å². The van der Waals surface area contributed by atoms with Crippen LogP contribution < -0.4 is 9.47 Å². The molecular weight excluding hydrogens is 361 g/mol. The number of carbonyl (C=O) groups is 1. The van der Waals surface area contributed by atoms with Crippen LogP contribution in [0.3, 0.4) is 0 Å². The van der Waals surface area contributed by atoms with Gasteiger partial charge in [-0.25, -0.2) is 14.2 Å². The van der Waals surface area contributed by atoms with Gasteiger partial charge in [0.25, 0.3) is 0 Å². The molecule has 28 heavy (non-hydrogen) atoms. The fourth-order valence-corrected chi connectivity index (χ4v) is 2.46. The van der Waals surface area contributed by atoms with Crippen LogP contribution in [-0.4, -0.2) is 25.1 Å². The molecule has 3 rings (SSSR count). The van der Waals surface area contributed by atoms with Gasteiger partial charge in [-0.2, -0.15) is 0 Å². The molecule has 0 unspecified atom stereocenters. The molecule has 0 aromatic heterocycles. The first kappa shape index (κ1) is 19.1. The SMILES string of the molecule is C=CCOc1ccc(/C=C2/N=C(c3ccccc3F)OC2=O)c(OCC=C)c1. The Morgan fingerprint density at radius 1 is 1.07 bits per heavy atom. The third-order valence-corrected chi connectivity index (χ3v) is 3.73. The van der Waals surface area contributed by atoms with Crippen LogP contribution in [0.4, 0.5) is 4.39 Å². The van der Waals surface area contributed by atoms with Crippen LogP contribution in [0.25, 0.3) is 6.08 Å². The van der Waals surface area contributed by atoms with Crippen LogP contribution in [0, 0.1) is 5.82 Å². The highest BCUT2D eigenvalue weighted by atomic mass is 19.1. The number of hydrogen-bond donors (Lipinski definition) is 0. The second kappa shape index (κ2) is 8.81. The minimum absolute atomic E-state index is 0.0430. The Labute approximate surface area is 162 Å². The number of ether oxygens (including phenoxy) is 3. The maximum atomic E-state index is 13.9. The number of rotatable bonds is 8. The summed E-state index contributed by atoms with van der Waals surface area (Å²) >= 11 is 0. The predicted molar refractivity (Wildman–Crippen MR) is 105 cm³/mol. The minimum Gasteiger partial charge on any atom is -0.489 e. The predicted octanol–water partition coefficient (Wildman–Crippen LogP) is 4.30. The number of cyclic esters (lactones) is 1. The molecule has 0 N–H and O–H groups in total. The first-order chi connectivity index (χ1) is 13.6. The fourth-order valence-electron chi connectivity index (χ4n) is 2.46. The van der Waals surface area contributed by atoms with Crippen LogP contribution in [0.2, 0.25) is 0 Å². The van der Waals surface area contributed by atoms with Gasteiger partial charge in [0.15, 0.2) is 5.70 Å². The van der Waals surface area contributed by atoms with Crippen molar-refractivity contribution < 1.29 is 23.4 Å². The average molecular weight is 379 g/mol. The molecule has 5 nitrogen and oxygen atoms in total. The molecule has 1 aliphatic heterocycles. The summed E-state index contributed by atoms with van der Waals surface area (Å²) in [5.41, 5.74) is 0.760. The summed E-state index contributed by atoms with van der Waals surface area (Å²) in [5.74, 6) is -0.190. The molecule has 2 aromatic rings. The normalized spacial score (nSPS) is 14.4. The molecule has 0 aliphatic carbocycles. The number of hydrogen-bond acceptors (Lipinski definition) is 5. The van der Waals surface area contributed by atoms with Crippen molar-refractivity contribution in [3.8, 4) is 11.5 Å². The van der Waals surface area contributed by atoms with Crippen molar-refractivity contribution in [3.05, 3.63) is 90.4 Å². The van der Waals surface area contributed by atoms with Gasteiger partial charge in [-0.1, -0.05) is 37.4 Å². The van der Waals surface area contributed by atoms with Gasteiger partial charge in [-0.15, -0.1) is 0 Å². The van der Waals surface area contributed by atoms with Crippen molar-refractivity contribution in [3.63, 3.8) is 0 Å². The molecule has 142 valence electrons. The molecule has 0 spiro atoms. The molecule has 0 bridgehead atoms. The first-order valence-electron chi connectivity index (χ1n) is 8.51. The monoisotopic (exact) mass is 379 g/mol. The van der Waals surface area contributed by atoms with Gasteiger partial charge in [0.2, 0.25) is 5.90 Å². The van der Waals surface area contributed by atoms with Crippen LogP contribution in [0.15, 0.2) is 78.5 Å². The molecular formula is C22H18FNO4. The van der Waals surface area contributed by atoms with Crippen molar-refractivity contribution in [2.45, 2.75) is 0 Å². The Morgan fingerprint density at radius 3 is 2.57 bits per heavy atom. The Balaban J connectivity index is 1.94. The largest absolute Gasteiger partial charge is 0.489 e. The topological polar surface area (TPSA) is 57.1 Å².